The number of β-amino-alcohol motifs (C(OH)–C–C–N with tert-alkyl or cyclic N) is 1. The maximum Gasteiger partial charge on any atom is 0.410 e. The zero-order valence-electron chi connectivity index (χ0n) is 15.9. The molecule has 1 aliphatic heterocycles. The minimum absolute atomic E-state index is 0.0772. The lowest BCUT2D eigenvalue weighted by atomic mass is 10.1. The van der Waals surface area contributed by atoms with E-state index in [2.05, 4.69) is 0 Å². The van der Waals surface area contributed by atoms with Crippen molar-refractivity contribution in [2.75, 3.05) is 39.4 Å². The van der Waals surface area contributed by atoms with Crippen LogP contribution < -0.4 is 0 Å². The van der Waals surface area contributed by atoms with Gasteiger partial charge in [0.05, 0.1) is 31.0 Å². The molecule has 7 nitrogen and oxygen atoms in total. The molecule has 1 unspecified atom stereocenters. The number of carbonyl (C=O) groups excluding carboxylic acids is 1. The number of amides is 1. The van der Waals surface area contributed by atoms with Gasteiger partial charge in [-0.15, -0.1) is 0 Å². The van der Waals surface area contributed by atoms with Crippen LogP contribution >= 0.6 is 0 Å². The molecule has 142 valence electrons. The smallest absolute Gasteiger partial charge is 0.410 e. The first-order valence-electron chi connectivity index (χ1n) is 8.56. The second-order valence-electron chi connectivity index (χ2n) is 8.33. The van der Waals surface area contributed by atoms with E-state index in [-0.39, 0.29) is 30.9 Å². The van der Waals surface area contributed by atoms with E-state index >= 15 is 0 Å². The second-order valence-corrected chi connectivity index (χ2v) is 8.33. The monoisotopic (exact) mass is 346 g/mol. The third-order valence-corrected chi connectivity index (χ3v) is 3.62. The highest BCUT2D eigenvalue weighted by Crippen LogP contribution is 2.16. The molecule has 0 aliphatic carbocycles. The molecule has 1 heterocycles. The van der Waals surface area contributed by atoms with Crippen LogP contribution in [0.2, 0.25) is 0 Å². The number of hydrogen-bond acceptors (Lipinski definition) is 6. The summed E-state index contributed by atoms with van der Waals surface area (Å²) in [4.78, 5) is 15.8. The SMILES string of the molecule is CC(C)(C)OCC(O)CN1CCN(C(=O)OC(C)(C)C)C[C@H]1CO. The molecule has 1 aliphatic rings. The molecule has 1 saturated heterocycles. The molecule has 2 N–H and O–H groups in total. The van der Waals surface area contributed by atoms with E-state index in [1.54, 1.807) is 4.90 Å². The summed E-state index contributed by atoms with van der Waals surface area (Å²) in [6.07, 6.45) is -0.997. The van der Waals surface area contributed by atoms with Crippen molar-refractivity contribution < 1.29 is 24.5 Å². The number of piperazine rings is 1. The Morgan fingerprint density at radius 1 is 1.17 bits per heavy atom. The van der Waals surface area contributed by atoms with Gasteiger partial charge in [0.15, 0.2) is 0 Å². The number of ether oxygens (including phenoxy) is 2. The van der Waals surface area contributed by atoms with Crippen LogP contribution in [0, 0.1) is 0 Å². The minimum Gasteiger partial charge on any atom is -0.444 e. The normalized spacial score (nSPS) is 21.7. The number of aliphatic hydroxyl groups is 2. The molecule has 0 radical (unpaired) electrons. The van der Waals surface area contributed by atoms with Crippen molar-refractivity contribution in [3.8, 4) is 0 Å². The van der Waals surface area contributed by atoms with Crippen molar-refractivity contribution in [1.29, 1.82) is 0 Å². The topological polar surface area (TPSA) is 82.5 Å². The molecule has 0 spiro atoms. The van der Waals surface area contributed by atoms with Crippen LogP contribution in [0.1, 0.15) is 41.5 Å². The van der Waals surface area contributed by atoms with E-state index in [9.17, 15) is 15.0 Å². The Hall–Kier alpha value is -0.890. The number of hydrogen-bond donors (Lipinski definition) is 2. The minimum atomic E-state index is -0.633. The number of rotatable bonds is 5. The first-order chi connectivity index (χ1) is 10.9. The number of nitrogens with zero attached hydrogens (tertiary/aromatic N) is 2. The molecule has 7 heteroatoms. The summed E-state index contributed by atoms with van der Waals surface area (Å²) in [5.74, 6) is 0. The summed E-state index contributed by atoms with van der Waals surface area (Å²) in [7, 11) is 0. The standard InChI is InChI=1S/C17H34N2O5/c1-16(2,3)23-12-14(21)10-18-7-8-19(9-13(18)11-20)15(22)24-17(4,5)6/h13-14,20-21H,7-12H2,1-6H3/t13-,14?/m0/s1. The van der Waals surface area contributed by atoms with Gasteiger partial charge in [-0.3, -0.25) is 4.90 Å². The van der Waals surface area contributed by atoms with E-state index in [0.717, 1.165) is 0 Å². The fourth-order valence-electron chi connectivity index (χ4n) is 2.47. The average molecular weight is 346 g/mol. The summed E-state index contributed by atoms with van der Waals surface area (Å²) in [5.41, 5.74) is -0.837. The summed E-state index contributed by atoms with van der Waals surface area (Å²) in [6, 6.07) is -0.212. The van der Waals surface area contributed by atoms with Crippen molar-refractivity contribution in [3.63, 3.8) is 0 Å². The number of aliphatic hydroxyl groups excluding tert-OH is 2. The van der Waals surface area contributed by atoms with Gasteiger partial charge in [0.2, 0.25) is 0 Å². The van der Waals surface area contributed by atoms with E-state index in [4.69, 9.17) is 9.47 Å². The van der Waals surface area contributed by atoms with E-state index in [1.807, 2.05) is 46.4 Å². The van der Waals surface area contributed by atoms with Gasteiger partial charge >= 0.3 is 6.09 Å². The zero-order chi connectivity index (χ0) is 18.5. The van der Waals surface area contributed by atoms with Gasteiger partial charge in [-0.25, -0.2) is 4.79 Å². The van der Waals surface area contributed by atoms with Crippen LogP contribution in [0.4, 0.5) is 4.79 Å². The maximum atomic E-state index is 12.2. The lowest BCUT2D eigenvalue weighted by Gasteiger charge is -2.41. The zero-order valence-corrected chi connectivity index (χ0v) is 15.9. The summed E-state index contributed by atoms with van der Waals surface area (Å²) in [5, 5.41) is 19.8. The van der Waals surface area contributed by atoms with Crippen LogP contribution in [0.3, 0.4) is 0 Å². The molecule has 1 fully saturated rings. The first kappa shape index (κ1) is 21.2. The Bertz CT molecular complexity index is 403. The first-order valence-corrected chi connectivity index (χ1v) is 8.56. The molecule has 0 aromatic rings. The van der Waals surface area contributed by atoms with E-state index < -0.39 is 11.7 Å². The number of carbonyl (C=O) groups is 1. The predicted molar refractivity (Wildman–Crippen MR) is 92.0 cm³/mol. The van der Waals surface area contributed by atoms with Gasteiger partial charge in [-0.2, -0.15) is 0 Å². The Morgan fingerprint density at radius 2 is 1.79 bits per heavy atom. The van der Waals surface area contributed by atoms with Crippen LogP contribution in [-0.2, 0) is 9.47 Å². The van der Waals surface area contributed by atoms with Crippen LogP contribution in [0.25, 0.3) is 0 Å². The van der Waals surface area contributed by atoms with Crippen molar-refractivity contribution in [2.45, 2.75) is 64.9 Å². The van der Waals surface area contributed by atoms with E-state index in [1.165, 1.54) is 0 Å². The Morgan fingerprint density at radius 3 is 2.29 bits per heavy atom. The Kier molecular flexibility index (Phi) is 7.46. The van der Waals surface area contributed by atoms with Gasteiger partial charge in [0, 0.05) is 26.2 Å². The highest BCUT2D eigenvalue weighted by molar-refractivity contribution is 5.68. The third kappa shape index (κ3) is 7.79. The summed E-state index contributed by atoms with van der Waals surface area (Å²) >= 11 is 0. The molecule has 24 heavy (non-hydrogen) atoms. The van der Waals surface area contributed by atoms with Crippen molar-refractivity contribution in [1.82, 2.24) is 9.80 Å². The van der Waals surface area contributed by atoms with Gasteiger partial charge in [0.25, 0.3) is 0 Å². The molecule has 0 aromatic carbocycles. The van der Waals surface area contributed by atoms with Crippen molar-refractivity contribution in [2.24, 2.45) is 0 Å². The molecule has 1 amide bonds. The lowest BCUT2D eigenvalue weighted by molar-refractivity contribution is -0.0674. The Labute approximate surface area is 145 Å². The molecule has 2 atom stereocenters. The molecular formula is C17H34N2O5. The third-order valence-electron chi connectivity index (χ3n) is 3.62. The quantitative estimate of drug-likeness (QED) is 0.775. The largest absolute Gasteiger partial charge is 0.444 e. The summed E-state index contributed by atoms with van der Waals surface area (Å²) in [6.45, 7) is 13.4. The average Bonchev–Trinajstić information content (AvgIpc) is 2.43. The Balaban J connectivity index is 2.52. The van der Waals surface area contributed by atoms with Gasteiger partial charge in [-0.05, 0) is 41.5 Å². The lowest BCUT2D eigenvalue weighted by Crippen LogP contribution is -2.58. The summed E-state index contributed by atoms with van der Waals surface area (Å²) < 4.78 is 11.0. The van der Waals surface area contributed by atoms with Gasteiger partial charge in [0.1, 0.15) is 5.60 Å². The van der Waals surface area contributed by atoms with Crippen molar-refractivity contribution >= 4 is 6.09 Å². The van der Waals surface area contributed by atoms with Crippen LogP contribution in [0.15, 0.2) is 0 Å². The molecule has 0 aromatic heterocycles. The highest BCUT2D eigenvalue weighted by atomic mass is 16.6. The molecule has 0 saturated carbocycles. The molecular weight excluding hydrogens is 312 g/mol. The highest BCUT2D eigenvalue weighted by Gasteiger charge is 2.32. The van der Waals surface area contributed by atoms with Crippen molar-refractivity contribution in [3.05, 3.63) is 0 Å². The van der Waals surface area contributed by atoms with Crippen LogP contribution in [0.5, 0.6) is 0 Å². The molecule has 0 bridgehead atoms. The maximum absolute atomic E-state index is 12.2. The second kappa shape index (κ2) is 8.47. The van der Waals surface area contributed by atoms with Crippen LogP contribution in [-0.4, -0.2) is 88.8 Å². The molecule has 1 rings (SSSR count). The fourth-order valence-corrected chi connectivity index (χ4v) is 2.47. The fraction of sp³-hybridized carbons (Fsp3) is 0.941. The van der Waals surface area contributed by atoms with E-state index in [0.29, 0.717) is 26.2 Å². The van der Waals surface area contributed by atoms with Gasteiger partial charge < -0.3 is 24.6 Å². The predicted octanol–water partition coefficient (Wildman–Crippen LogP) is 1.08. The van der Waals surface area contributed by atoms with Gasteiger partial charge in [-0.1, -0.05) is 0 Å².